The molecule has 20 heavy (non-hydrogen) atoms. The Kier molecular flexibility index (Phi) is 3.60. The van der Waals surface area contributed by atoms with Gasteiger partial charge in [-0.25, -0.2) is 0 Å². The van der Waals surface area contributed by atoms with Crippen molar-refractivity contribution in [1.82, 2.24) is 25.2 Å². The Bertz CT molecular complexity index is 697. The predicted octanol–water partition coefficient (Wildman–Crippen LogP) is 2.43. The predicted molar refractivity (Wildman–Crippen MR) is 80.1 cm³/mol. The average Bonchev–Trinajstić information content (AvgIpc) is 3.17. The standard InChI is InChI=1S/C12H14N6S2/c1-7(2)11-15-16-12(20-11)18-10(8(6-13)14-17-18)9-4-3-5-19-9/h3-5,7H,6,13H2,1-2H3. The Hall–Kier alpha value is -1.64. The zero-order valence-corrected chi connectivity index (χ0v) is 12.8. The monoisotopic (exact) mass is 306 g/mol. The molecule has 0 atom stereocenters. The van der Waals surface area contributed by atoms with Crippen LogP contribution in [0.2, 0.25) is 0 Å². The molecular formula is C12H14N6S2. The smallest absolute Gasteiger partial charge is 0.234 e. The number of nitrogens with two attached hydrogens (primary N) is 1. The molecule has 6 nitrogen and oxygen atoms in total. The molecule has 0 aliphatic heterocycles. The van der Waals surface area contributed by atoms with E-state index in [1.165, 1.54) is 11.3 Å². The molecule has 0 aliphatic carbocycles. The molecule has 0 spiro atoms. The number of hydrogen-bond donors (Lipinski definition) is 1. The van der Waals surface area contributed by atoms with E-state index >= 15 is 0 Å². The van der Waals surface area contributed by atoms with Crippen molar-refractivity contribution in [2.75, 3.05) is 0 Å². The van der Waals surface area contributed by atoms with E-state index < -0.39 is 0 Å². The van der Waals surface area contributed by atoms with E-state index in [0.29, 0.717) is 12.5 Å². The van der Waals surface area contributed by atoms with Crippen LogP contribution in [0.1, 0.15) is 30.5 Å². The van der Waals surface area contributed by atoms with Crippen LogP contribution in [0.25, 0.3) is 15.7 Å². The van der Waals surface area contributed by atoms with E-state index in [4.69, 9.17) is 5.73 Å². The molecule has 0 radical (unpaired) electrons. The van der Waals surface area contributed by atoms with Gasteiger partial charge in [-0.1, -0.05) is 36.5 Å². The van der Waals surface area contributed by atoms with E-state index in [1.807, 2.05) is 17.5 Å². The van der Waals surface area contributed by atoms with Crippen LogP contribution in [0.4, 0.5) is 0 Å². The first-order valence-electron chi connectivity index (χ1n) is 6.23. The second kappa shape index (κ2) is 5.39. The first-order valence-corrected chi connectivity index (χ1v) is 7.92. The third-order valence-electron chi connectivity index (χ3n) is 2.79. The lowest BCUT2D eigenvalue weighted by Gasteiger charge is -2.01. The molecule has 0 unspecified atom stereocenters. The van der Waals surface area contributed by atoms with Crippen molar-refractivity contribution in [2.24, 2.45) is 5.73 Å². The van der Waals surface area contributed by atoms with Crippen LogP contribution < -0.4 is 5.73 Å². The molecule has 3 aromatic heterocycles. The van der Waals surface area contributed by atoms with Gasteiger partial charge in [-0.3, -0.25) is 0 Å². The zero-order chi connectivity index (χ0) is 14.1. The first kappa shape index (κ1) is 13.3. The van der Waals surface area contributed by atoms with E-state index in [2.05, 4.69) is 34.4 Å². The summed E-state index contributed by atoms with van der Waals surface area (Å²) < 4.78 is 1.73. The van der Waals surface area contributed by atoms with E-state index in [9.17, 15) is 0 Å². The van der Waals surface area contributed by atoms with Crippen LogP contribution in [0, 0.1) is 0 Å². The lowest BCUT2D eigenvalue weighted by Crippen LogP contribution is -2.01. The van der Waals surface area contributed by atoms with Crippen LogP contribution in [0.3, 0.4) is 0 Å². The number of aromatic nitrogens is 5. The molecular weight excluding hydrogens is 292 g/mol. The van der Waals surface area contributed by atoms with Gasteiger partial charge in [0.2, 0.25) is 5.13 Å². The van der Waals surface area contributed by atoms with Gasteiger partial charge in [-0.2, -0.15) is 4.68 Å². The van der Waals surface area contributed by atoms with Crippen molar-refractivity contribution in [2.45, 2.75) is 26.3 Å². The average molecular weight is 306 g/mol. The Labute approximate surface area is 124 Å². The summed E-state index contributed by atoms with van der Waals surface area (Å²) in [5.41, 5.74) is 7.44. The number of rotatable bonds is 4. The third-order valence-corrected chi connectivity index (χ3v) is 4.87. The summed E-state index contributed by atoms with van der Waals surface area (Å²) in [5, 5.41) is 20.5. The van der Waals surface area contributed by atoms with Crippen molar-refractivity contribution < 1.29 is 0 Å². The second-order valence-corrected chi connectivity index (χ2v) is 6.49. The van der Waals surface area contributed by atoms with Crippen molar-refractivity contribution in [3.8, 4) is 15.7 Å². The lowest BCUT2D eigenvalue weighted by atomic mass is 10.2. The summed E-state index contributed by atoms with van der Waals surface area (Å²) in [5.74, 6) is 0.351. The fourth-order valence-corrected chi connectivity index (χ4v) is 3.37. The molecule has 8 heteroatoms. The lowest BCUT2D eigenvalue weighted by molar-refractivity contribution is 0.773. The number of thiophene rings is 1. The molecule has 3 aromatic rings. The molecule has 2 N–H and O–H groups in total. The fourth-order valence-electron chi connectivity index (χ4n) is 1.79. The summed E-state index contributed by atoms with van der Waals surface area (Å²) in [7, 11) is 0. The molecule has 104 valence electrons. The van der Waals surface area contributed by atoms with Crippen LogP contribution in [0.15, 0.2) is 17.5 Å². The van der Waals surface area contributed by atoms with Crippen LogP contribution in [-0.2, 0) is 6.54 Å². The SMILES string of the molecule is CC(C)c1nnc(-n2nnc(CN)c2-c2cccs2)s1. The Morgan fingerprint density at radius 2 is 2.15 bits per heavy atom. The molecule has 0 saturated heterocycles. The molecule has 0 aromatic carbocycles. The first-order chi connectivity index (χ1) is 9.70. The van der Waals surface area contributed by atoms with Gasteiger partial charge < -0.3 is 5.73 Å². The molecule has 3 heterocycles. The topological polar surface area (TPSA) is 82.5 Å². The largest absolute Gasteiger partial charge is 0.325 e. The fraction of sp³-hybridized carbons (Fsp3) is 0.333. The summed E-state index contributed by atoms with van der Waals surface area (Å²) in [4.78, 5) is 1.08. The van der Waals surface area contributed by atoms with Crippen molar-refractivity contribution in [3.05, 3.63) is 28.2 Å². The Balaban J connectivity index is 2.11. The highest BCUT2D eigenvalue weighted by atomic mass is 32.1. The number of nitrogens with zero attached hydrogens (tertiary/aromatic N) is 5. The molecule has 3 rings (SSSR count). The molecule has 0 fully saturated rings. The van der Waals surface area contributed by atoms with Crippen LogP contribution >= 0.6 is 22.7 Å². The highest BCUT2D eigenvalue weighted by Crippen LogP contribution is 2.30. The van der Waals surface area contributed by atoms with Crippen LogP contribution in [0.5, 0.6) is 0 Å². The van der Waals surface area contributed by atoms with Gasteiger partial charge in [0.25, 0.3) is 0 Å². The van der Waals surface area contributed by atoms with Gasteiger partial charge in [0.1, 0.15) is 16.4 Å². The van der Waals surface area contributed by atoms with Crippen LogP contribution in [-0.4, -0.2) is 25.2 Å². The third kappa shape index (κ3) is 2.26. The van der Waals surface area contributed by atoms with Gasteiger partial charge in [0, 0.05) is 12.5 Å². The summed E-state index contributed by atoms with van der Waals surface area (Å²) in [6.07, 6.45) is 0. The minimum Gasteiger partial charge on any atom is -0.325 e. The molecule has 0 bridgehead atoms. The zero-order valence-electron chi connectivity index (χ0n) is 11.1. The Morgan fingerprint density at radius 3 is 2.75 bits per heavy atom. The second-order valence-electron chi connectivity index (χ2n) is 4.56. The van der Waals surface area contributed by atoms with Crippen molar-refractivity contribution in [1.29, 1.82) is 0 Å². The van der Waals surface area contributed by atoms with Gasteiger partial charge >= 0.3 is 0 Å². The van der Waals surface area contributed by atoms with Crippen molar-refractivity contribution in [3.63, 3.8) is 0 Å². The van der Waals surface area contributed by atoms with Gasteiger partial charge in [-0.05, 0) is 11.4 Å². The van der Waals surface area contributed by atoms with Gasteiger partial charge in [0.15, 0.2) is 0 Å². The number of hydrogen-bond acceptors (Lipinski definition) is 7. The van der Waals surface area contributed by atoms with E-state index in [1.54, 1.807) is 16.0 Å². The molecule has 0 saturated carbocycles. The normalized spacial score (nSPS) is 11.4. The minimum absolute atomic E-state index is 0.350. The highest BCUT2D eigenvalue weighted by molar-refractivity contribution is 7.14. The maximum Gasteiger partial charge on any atom is 0.234 e. The summed E-state index contributed by atoms with van der Waals surface area (Å²) in [6.45, 7) is 4.54. The van der Waals surface area contributed by atoms with Crippen molar-refractivity contribution >= 4 is 22.7 Å². The highest BCUT2D eigenvalue weighted by Gasteiger charge is 2.19. The molecule has 0 amide bonds. The maximum atomic E-state index is 5.76. The summed E-state index contributed by atoms with van der Waals surface area (Å²) in [6, 6.07) is 4.03. The quantitative estimate of drug-likeness (QED) is 0.800. The van der Waals surface area contributed by atoms with E-state index in [-0.39, 0.29) is 0 Å². The van der Waals surface area contributed by atoms with E-state index in [0.717, 1.165) is 26.4 Å². The van der Waals surface area contributed by atoms with Gasteiger partial charge in [0.05, 0.1) is 4.88 Å². The maximum absolute atomic E-state index is 5.76. The molecule has 0 aliphatic rings. The summed E-state index contributed by atoms with van der Waals surface area (Å²) >= 11 is 3.16. The minimum atomic E-state index is 0.350. The van der Waals surface area contributed by atoms with Gasteiger partial charge in [-0.15, -0.1) is 26.6 Å². The Morgan fingerprint density at radius 1 is 1.30 bits per heavy atom.